The van der Waals surface area contributed by atoms with Gasteiger partial charge in [0.25, 0.3) is 0 Å². The highest BCUT2D eigenvalue weighted by Crippen LogP contribution is 2.28. The molecule has 3 N–H and O–H groups in total. The Labute approximate surface area is 131 Å². The molecular weight excluding hydrogens is 288 g/mol. The first kappa shape index (κ1) is 15.9. The van der Waals surface area contributed by atoms with E-state index in [9.17, 15) is 0 Å². The zero-order chi connectivity index (χ0) is 15.4. The Morgan fingerprint density at radius 3 is 2.71 bits per heavy atom. The van der Waals surface area contributed by atoms with Crippen molar-refractivity contribution in [2.24, 2.45) is 10.9 Å². The Balaban J connectivity index is 2.21. The lowest BCUT2D eigenvalue weighted by Crippen LogP contribution is -2.43. The number of nitrogens with two attached hydrogens (primary N) is 1. The first-order valence-electron chi connectivity index (χ1n) is 7.29. The number of oxime groups is 1. The van der Waals surface area contributed by atoms with Gasteiger partial charge in [0.2, 0.25) is 0 Å². The molecule has 0 unspecified atom stereocenters. The second kappa shape index (κ2) is 7.00. The summed E-state index contributed by atoms with van der Waals surface area (Å²) in [5.74, 6) is 0.0883. The minimum absolute atomic E-state index is 0.0883. The van der Waals surface area contributed by atoms with Crippen LogP contribution in [0, 0.1) is 0 Å². The average Bonchev–Trinajstić information content (AvgIpc) is 2.53. The van der Waals surface area contributed by atoms with E-state index in [1.54, 1.807) is 6.07 Å². The maximum atomic E-state index is 8.96. The lowest BCUT2D eigenvalue weighted by molar-refractivity contribution is 0.221. The summed E-state index contributed by atoms with van der Waals surface area (Å²) in [6.07, 6.45) is 2.23. The van der Waals surface area contributed by atoms with E-state index in [1.165, 1.54) is 0 Å². The summed E-state index contributed by atoms with van der Waals surface area (Å²) in [6, 6.07) is 5.97. The number of hydrogen-bond donors (Lipinski definition) is 2. The Morgan fingerprint density at radius 2 is 2.14 bits per heavy atom. The van der Waals surface area contributed by atoms with Gasteiger partial charge >= 0.3 is 0 Å². The summed E-state index contributed by atoms with van der Waals surface area (Å²) in [6.45, 7) is 5.52. The minimum atomic E-state index is 0.0883. The fourth-order valence-corrected chi connectivity index (χ4v) is 3.07. The molecule has 0 atom stereocenters. The molecule has 1 aliphatic rings. The van der Waals surface area contributed by atoms with Gasteiger partial charge in [0, 0.05) is 42.5 Å². The molecule has 1 aromatic rings. The van der Waals surface area contributed by atoms with E-state index in [0.717, 1.165) is 38.2 Å². The lowest BCUT2D eigenvalue weighted by atomic mass is 10.0. The van der Waals surface area contributed by atoms with E-state index < -0.39 is 0 Å². The number of benzene rings is 1. The van der Waals surface area contributed by atoms with Crippen LogP contribution in [0.5, 0.6) is 0 Å². The van der Waals surface area contributed by atoms with Crippen LogP contribution in [0.4, 0.5) is 5.69 Å². The molecule has 0 bridgehead atoms. The Hall–Kier alpha value is -1.46. The molecular formula is C15H23ClN4O. The molecule has 1 saturated heterocycles. The van der Waals surface area contributed by atoms with Crippen molar-refractivity contribution >= 4 is 23.1 Å². The zero-order valence-corrected chi connectivity index (χ0v) is 13.3. The lowest BCUT2D eigenvalue weighted by Gasteiger charge is -2.38. The zero-order valence-electron chi connectivity index (χ0n) is 12.6. The molecule has 1 aromatic carbocycles. The van der Waals surface area contributed by atoms with Gasteiger partial charge in [-0.2, -0.15) is 0 Å². The predicted octanol–water partition coefficient (Wildman–Crippen LogP) is 2.36. The second-order valence-electron chi connectivity index (χ2n) is 5.42. The molecule has 0 radical (unpaired) electrons. The van der Waals surface area contributed by atoms with E-state index in [0.29, 0.717) is 16.6 Å². The maximum absolute atomic E-state index is 8.96. The number of piperidine rings is 1. The van der Waals surface area contributed by atoms with Crippen molar-refractivity contribution in [2.75, 3.05) is 31.6 Å². The van der Waals surface area contributed by atoms with Crippen molar-refractivity contribution in [1.82, 2.24) is 4.90 Å². The number of nitrogens with zero attached hydrogens (tertiary/aromatic N) is 3. The van der Waals surface area contributed by atoms with Crippen molar-refractivity contribution in [3.63, 3.8) is 0 Å². The quantitative estimate of drug-likeness (QED) is 0.388. The van der Waals surface area contributed by atoms with Crippen LogP contribution < -0.4 is 10.6 Å². The molecule has 0 saturated carbocycles. The van der Waals surface area contributed by atoms with Crippen LogP contribution in [-0.2, 0) is 0 Å². The van der Waals surface area contributed by atoms with Gasteiger partial charge in [-0.1, -0.05) is 23.7 Å². The number of amidine groups is 1. The average molecular weight is 311 g/mol. The third kappa shape index (κ3) is 3.60. The van der Waals surface area contributed by atoms with E-state index in [-0.39, 0.29) is 5.84 Å². The van der Waals surface area contributed by atoms with Crippen LogP contribution in [0.2, 0.25) is 5.02 Å². The highest BCUT2D eigenvalue weighted by atomic mass is 35.5. The number of anilines is 1. The van der Waals surface area contributed by atoms with E-state index in [4.69, 9.17) is 22.5 Å². The SMILES string of the molecule is CCN1CCC(N(C)c2ccc(Cl)cc2C(N)=NO)CC1. The molecule has 0 aromatic heterocycles. The van der Waals surface area contributed by atoms with Crippen LogP contribution in [0.1, 0.15) is 25.3 Å². The Bertz CT molecular complexity index is 512. The maximum Gasteiger partial charge on any atom is 0.172 e. The van der Waals surface area contributed by atoms with Crippen molar-refractivity contribution in [3.05, 3.63) is 28.8 Å². The van der Waals surface area contributed by atoms with E-state index >= 15 is 0 Å². The van der Waals surface area contributed by atoms with Crippen molar-refractivity contribution in [3.8, 4) is 0 Å². The smallest absolute Gasteiger partial charge is 0.172 e. The normalized spacial score (nSPS) is 18.0. The molecule has 2 rings (SSSR count). The molecule has 5 nitrogen and oxygen atoms in total. The monoisotopic (exact) mass is 310 g/mol. The van der Waals surface area contributed by atoms with Crippen LogP contribution in [0.15, 0.2) is 23.4 Å². The fraction of sp³-hybridized carbons (Fsp3) is 0.533. The first-order chi connectivity index (χ1) is 10.1. The highest BCUT2D eigenvalue weighted by molar-refractivity contribution is 6.31. The molecule has 1 heterocycles. The van der Waals surface area contributed by atoms with Crippen LogP contribution in [-0.4, -0.2) is 48.7 Å². The van der Waals surface area contributed by atoms with Crippen molar-refractivity contribution in [2.45, 2.75) is 25.8 Å². The third-order valence-electron chi connectivity index (χ3n) is 4.27. The number of halogens is 1. The van der Waals surface area contributed by atoms with E-state index in [2.05, 4.69) is 28.9 Å². The summed E-state index contributed by atoms with van der Waals surface area (Å²) < 4.78 is 0. The number of likely N-dealkylation sites (tertiary alicyclic amines) is 1. The van der Waals surface area contributed by atoms with Gasteiger partial charge in [-0.05, 0) is 37.6 Å². The molecule has 116 valence electrons. The third-order valence-corrected chi connectivity index (χ3v) is 4.51. The summed E-state index contributed by atoms with van der Waals surface area (Å²) in [7, 11) is 2.06. The van der Waals surface area contributed by atoms with Crippen molar-refractivity contribution < 1.29 is 5.21 Å². The van der Waals surface area contributed by atoms with Gasteiger partial charge in [0.05, 0.1) is 0 Å². The Kier molecular flexibility index (Phi) is 5.31. The van der Waals surface area contributed by atoms with Crippen LogP contribution >= 0.6 is 11.6 Å². The number of rotatable bonds is 4. The molecule has 21 heavy (non-hydrogen) atoms. The minimum Gasteiger partial charge on any atom is -0.409 e. The van der Waals surface area contributed by atoms with Gasteiger partial charge in [-0.15, -0.1) is 0 Å². The van der Waals surface area contributed by atoms with Crippen molar-refractivity contribution in [1.29, 1.82) is 0 Å². The van der Waals surface area contributed by atoms with Gasteiger partial charge in [0.1, 0.15) is 0 Å². The van der Waals surface area contributed by atoms with Crippen LogP contribution in [0.3, 0.4) is 0 Å². The van der Waals surface area contributed by atoms with Gasteiger partial charge in [-0.25, -0.2) is 0 Å². The van der Waals surface area contributed by atoms with Gasteiger partial charge in [-0.3, -0.25) is 0 Å². The molecule has 1 aliphatic heterocycles. The molecule has 0 amide bonds. The fourth-order valence-electron chi connectivity index (χ4n) is 2.89. The van der Waals surface area contributed by atoms with E-state index in [1.807, 2.05) is 12.1 Å². The summed E-state index contributed by atoms with van der Waals surface area (Å²) in [5.41, 5.74) is 7.40. The predicted molar refractivity (Wildman–Crippen MR) is 87.5 cm³/mol. The van der Waals surface area contributed by atoms with Gasteiger partial charge < -0.3 is 20.7 Å². The van der Waals surface area contributed by atoms with Gasteiger partial charge in [0.15, 0.2) is 5.84 Å². The van der Waals surface area contributed by atoms with Crippen LogP contribution in [0.25, 0.3) is 0 Å². The highest BCUT2D eigenvalue weighted by Gasteiger charge is 2.24. The second-order valence-corrected chi connectivity index (χ2v) is 5.86. The first-order valence-corrected chi connectivity index (χ1v) is 7.67. The summed E-state index contributed by atoms with van der Waals surface area (Å²) >= 11 is 6.03. The standard InChI is InChI=1S/C15H23ClN4O/c1-3-20-8-6-12(7-9-20)19(2)14-5-4-11(16)10-13(14)15(17)18-21/h4-5,10,12,21H,3,6-9H2,1-2H3,(H2,17,18). The Morgan fingerprint density at radius 1 is 1.48 bits per heavy atom. The number of hydrogen-bond acceptors (Lipinski definition) is 4. The molecule has 0 aliphatic carbocycles. The topological polar surface area (TPSA) is 65.1 Å². The molecule has 1 fully saturated rings. The largest absolute Gasteiger partial charge is 0.409 e. The molecule has 6 heteroatoms. The molecule has 0 spiro atoms. The summed E-state index contributed by atoms with van der Waals surface area (Å²) in [4.78, 5) is 4.67. The summed E-state index contributed by atoms with van der Waals surface area (Å²) in [5, 5.41) is 12.6.